The van der Waals surface area contributed by atoms with E-state index >= 15 is 0 Å². The Morgan fingerprint density at radius 1 is 1.29 bits per heavy atom. The van der Waals surface area contributed by atoms with E-state index in [1.807, 2.05) is 24.3 Å². The molecule has 8 nitrogen and oxygen atoms in total. The van der Waals surface area contributed by atoms with Crippen molar-refractivity contribution < 1.29 is 9.53 Å². The zero-order valence-corrected chi connectivity index (χ0v) is 13.7. The minimum atomic E-state index is -0.628. The average molecular weight is 330 g/mol. The number of hydrogen-bond donors (Lipinski definition) is 4. The predicted molar refractivity (Wildman–Crippen MR) is 93.5 cm³/mol. The Hall–Kier alpha value is -2.74. The lowest BCUT2D eigenvalue weighted by atomic mass is 10.2. The summed E-state index contributed by atoms with van der Waals surface area (Å²) in [6.07, 6.45) is 0.411. The van der Waals surface area contributed by atoms with E-state index in [-0.39, 0.29) is 23.6 Å². The van der Waals surface area contributed by atoms with Gasteiger partial charge in [0.2, 0.25) is 0 Å². The number of carbonyl (C=O) groups is 1. The van der Waals surface area contributed by atoms with Crippen LogP contribution in [0.4, 0.5) is 23.0 Å². The van der Waals surface area contributed by atoms with Gasteiger partial charge in [-0.1, -0.05) is 0 Å². The van der Waals surface area contributed by atoms with E-state index in [0.29, 0.717) is 5.82 Å². The van der Waals surface area contributed by atoms with Gasteiger partial charge in [0.1, 0.15) is 11.4 Å². The highest BCUT2D eigenvalue weighted by Gasteiger charge is 2.22. The van der Waals surface area contributed by atoms with Crippen molar-refractivity contribution in [2.75, 3.05) is 29.0 Å². The molecule has 2 heterocycles. The lowest BCUT2D eigenvalue weighted by Crippen LogP contribution is -2.45. The van der Waals surface area contributed by atoms with E-state index < -0.39 is 5.91 Å². The Bertz CT molecular complexity index is 717. The molecule has 1 aliphatic rings. The van der Waals surface area contributed by atoms with Crippen molar-refractivity contribution in [1.82, 2.24) is 10.2 Å². The molecular formula is C16H22N6O2. The molecule has 2 atom stereocenters. The van der Waals surface area contributed by atoms with Crippen molar-refractivity contribution in [1.29, 1.82) is 0 Å². The van der Waals surface area contributed by atoms with E-state index in [1.54, 1.807) is 0 Å². The number of morpholine rings is 1. The third-order valence-electron chi connectivity index (χ3n) is 3.96. The molecule has 0 aliphatic carbocycles. The Labute approximate surface area is 140 Å². The second-order valence-electron chi connectivity index (χ2n) is 6.06. The van der Waals surface area contributed by atoms with Crippen LogP contribution in [0, 0.1) is 0 Å². The Morgan fingerprint density at radius 2 is 1.92 bits per heavy atom. The Balaban J connectivity index is 1.74. The molecule has 24 heavy (non-hydrogen) atoms. The first-order valence-corrected chi connectivity index (χ1v) is 7.85. The zero-order chi connectivity index (χ0) is 17.3. The monoisotopic (exact) mass is 330 g/mol. The molecule has 3 rings (SSSR count). The highest BCUT2D eigenvalue weighted by Crippen LogP contribution is 2.26. The molecule has 1 aromatic heterocycles. The van der Waals surface area contributed by atoms with Crippen molar-refractivity contribution in [3.05, 3.63) is 29.8 Å². The van der Waals surface area contributed by atoms with Crippen molar-refractivity contribution >= 4 is 28.9 Å². The average Bonchev–Trinajstić information content (AvgIpc) is 2.88. The molecule has 2 aromatic rings. The molecule has 0 saturated carbocycles. The summed E-state index contributed by atoms with van der Waals surface area (Å²) in [4.78, 5) is 13.7. The van der Waals surface area contributed by atoms with Crippen molar-refractivity contribution in [2.24, 2.45) is 5.73 Å². The molecule has 6 N–H and O–H groups in total. The molecule has 8 heteroatoms. The van der Waals surface area contributed by atoms with Crippen LogP contribution in [0.5, 0.6) is 0 Å². The van der Waals surface area contributed by atoms with Gasteiger partial charge in [-0.15, -0.1) is 0 Å². The summed E-state index contributed by atoms with van der Waals surface area (Å²) in [5.74, 6) is -0.157. The number of nitrogen functional groups attached to an aromatic ring is 1. The third kappa shape index (κ3) is 3.28. The summed E-state index contributed by atoms with van der Waals surface area (Å²) in [7, 11) is 0. The number of aromatic nitrogens is 2. The first-order valence-electron chi connectivity index (χ1n) is 7.85. The molecule has 0 bridgehead atoms. The number of rotatable bonds is 4. The summed E-state index contributed by atoms with van der Waals surface area (Å²) >= 11 is 0. The number of aromatic amines is 1. The second kappa shape index (κ2) is 6.40. The first-order chi connectivity index (χ1) is 11.4. The molecule has 1 aromatic carbocycles. The molecule has 128 valence electrons. The fourth-order valence-corrected chi connectivity index (χ4v) is 2.98. The fraction of sp³-hybridized carbons (Fsp3) is 0.375. The van der Waals surface area contributed by atoms with Crippen LogP contribution in [0.25, 0.3) is 0 Å². The van der Waals surface area contributed by atoms with E-state index in [1.165, 1.54) is 0 Å². The van der Waals surface area contributed by atoms with Crippen LogP contribution in [-0.2, 0) is 4.74 Å². The molecule has 0 radical (unpaired) electrons. The molecule has 1 aliphatic heterocycles. The summed E-state index contributed by atoms with van der Waals surface area (Å²) in [5, 5.41) is 9.59. The second-order valence-corrected chi connectivity index (χ2v) is 6.06. The van der Waals surface area contributed by atoms with E-state index in [0.717, 1.165) is 24.5 Å². The van der Waals surface area contributed by atoms with Crippen LogP contribution < -0.4 is 21.7 Å². The topological polar surface area (TPSA) is 122 Å². The molecule has 0 spiro atoms. The lowest BCUT2D eigenvalue weighted by Gasteiger charge is -2.36. The first kappa shape index (κ1) is 16.1. The van der Waals surface area contributed by atoms with Gasteiger partial charge in [0, 0.05) is 24.5 Å². The van der Waals surface area contributed by atoms with Crippen molar-refractivity contribution in [3.63, 3.8) is 0 Å². The van der Waals surface area contributed by atoms with Crippen LogP contribution in [0.3, 0.4) is 0 Å². The van der Waals surface area contributed by atoms with Crippen LogP contribution in [0.15, 0.2) is 24.3 Å². The molecule has 2 unspecified atom stereocenters. The maximum Gasteiger partial charge on any atom is 0.256 e. The Kier molecular flexibility index (Phi) is 4.30. The smallest absolute Gasteiger partial charge is 0.256 e. The quantitative estimate of drug-likeness (QED) is 0.673. The normalized spacial score (nSPS) is 20.8. The maximum absolute atomic E-state index is 11.4. The summed E-state index contributed by atoms with van der Waals surface area (Å²) in [5.41, 5.74) is 13.1. The van der Waals surface area contributed by atoms with Gasteiger partial charge >= 0.3 is 0 Å². The number of nitrogens with zero attached hydrogens (tertiary/aromatic N) is 2. The molecule has 1 saturated heterocycles. The minimum Gasteiger partial charge on any atom is -0.383 e. The number of anilines is 4. The van der Waals surface area contributed by atoms with Crippen molar-refractivity contribution in [3.8, 4) is 0 Å². The minimum absolute atomic E-state index is 0.151. The van der Waals surface area contributed by atoms with E-state index in [4.69, 9.17) is 16.2 Å². The van der Waals surface area contributed by atoms with Crippen LogP contribution in [0.2, 0.25) is 0 Å². The SMILES string of the molecule is CC1CN(c2ccc(Nc3n[nH]c(N)c3C(N)=O)cc2)CC(C)O1. The number of hydrogen-bond acceptors (Lipinski definition) is 6. The van der Waals surface area contributed by atoms with Gasteiger partial charge in [0.15, 0.2) is 5.82 Å². The van der Waals surface area contributed by atoms with Gasteiger partial charge in [-0.25, -0.2) is 0 Å². The number of nitrogens with one attached hydrogen (secondary N) is 2. The zero-order valence-electron chi connectivity index (χ0n) is 13.7. The lowest BCUT2D eigenvalue weighted by molar-refractivity contribution is -0.00521. The largest absolute Gasteiger partial charge is 0.383 e. The highest BCUT2D eigenvalue weighted by molar-refractivity contribution is 6.02. The van der Waals surface area contributed by atoms with Crippen LogP contribution in [-0.4, -0.2) is 41.4 Å². The maximum atomic E-state index is 11.4. The number of primary amides is 1. The van der Waals surface area contributed by atoms with Gasteiger partial charge in [-0.2, -0.15) is 5.10 Å². The van der Waals surface area contributed by atoms with Gasteiger partial charge in [-0.3, -0.25) is 9.89 Å². The number of carbonyl (C=O) groups excluding carboxylic acids is 1. The summed E-state index contributed by atoms with van der Waals surface area (Å²) in [6, 6.07) is 7.89. The summed E-state index contributed by atoms with van der Waals surface area (Å²) in [6.45, 7) is 5.87. The van der Waals surface area contributed by atoms with Gasteiger partial charge in [0.05, 0.1) is 12.2 Å². The van der Waals surface area contributed by atoms with E-state index in [2.05, 4.69) is 34.3 Å². The number of benzene rings is 1. The van der Waals surface area contributed by atoms with Crippen LogP contribution in [0.1, 0.15) is 24.2 Å². The highest BCUT2D eigenvalue weighted by atomic mass is 16.5. The number of H-pyrrole nitrogens is 1. The third-order valence-corrected chi connectivity index (χ3v) is 3.96. The van der Waals surface area contributed by atoms with E-state index in [9.17, 15) is 4.79 Å². The van der Waals surface area contributed by atoms with Crippen molar-refractivity contribution in [2.45, 2.75) is 26.1 Å². The molecule has 1 amide bonds. The summed E-state index contributed by atoms with van der Waals surface area (Å²) < 4.78 is 5.76. The van der Waals surface area contributed by atoms with Crippen LogP contribution >= 0.6 is 0 Å². The molecule has 1 fully saturated rings. The number of nitrogens with two attached hydrogens (primary N) is 2. The standard InChI is InChI=1S/C16H22N6O2/c1-9-7-22(8-10(2)24-9)12-5-3-11(4-6-12)19-16-13(15(18)23)14(17)20-21-16/h3-6,9-10H,7-8H2,1-2H3,(H2,18,23)(H4,17,19,20,21). The predicted octanol–water partition coefficient (Wildman–Crippen LogP) is 1.45. The van der Waals surface area contributed by atoms with Gasteiger partial charge in [-0.05, 0) is 38.1 Å². The van der Waals surface area contributed by atoms with Gasteiger partial charge in [0.25, 0.3) is 5.91 Å². The molecular weight excluding hydrogens is 308 g/mol. The number of amides is 1. The fourth-order valence-electron chi connectivity index (χ4n) is 2.98. The van der Waals surface area contributed by atoms with Gasteiger partial charge < -0.3 is 26.4 Å². The number of ether oxygens (including phenoxy) is 1. The Morgan fingerprint density at radius 3 is 2.50 bits per heavy atom.